The van der Waals surface area contributed by atoms with Gasteiger partial charge in [-0.3, -0.25) is 4.84 Å². The standard InChI is InChI=1S/C9H11BrN2O/c1-7-5-8(10)9(11-6-7)12-3-2-4-13-12/h5-6H,2-4H2,1H3. The van der Waals surface area contributed by atoms with Gasteiger partial charge in [-0.25, -0.2) is 10.0 Å². The van der Waals surface area contributed by atoms with E-state index in [1.54, 1.807) is 0 Å². The average molecular weight is 243 g/mol. The fourth-order valence-corrected chi connectivity index (χ4v) is 1.99. The van der Waals surface area contributed by atoms with Crippen LogP contribution in [0.2, 0.25) is 0 Å². The van der Waals surface area contributed by atoms with Gasteiger partial charge < -0.3 is 0 Å². The first-order valence-corrected chi connectivity index (χ1v) is 5.09. The minimum atomic E-state index is 0.794. The summed E-state index contributed by atoms with van der Waals surface area (Å²) in [5, 5.41) is 1.84. The predicted molar refractivity (Wildman–Crippen MR) is 54.6 cm³/mol. The molecular weight excluding hydrogens is 232 g/mol. The highest BCUT2D eigenvalue weighted by atomic mass is 79.9. The van der Waals surface area contributed by atoms with Crippen LogP contribution in [0.4, 0.5) is 5.82 Å². The van der Waals surface area contributed by atoms with Gasteiger partial charge in [0.15, 0.2) is 5.82 Å². The summed E-state index contributed by atoms with van der Waals surface area (Å²) < 4.78 is 0.995. The normalized spacial score (nSPS) is 16.6. The van der Waals surface area contributed by atoms with E-state index in [2.05, 4.69) is 20.9 Å². The van der Waals surface area contributed by atoms with E-state index >= 15 is 0 Å². The molecule has 1 fully saturated rings. The van der Waals surface area contributed by atoms with Gasteiger partial charge in [0, 0.05) is 12.7 Å². The molecule has 1 aliphatic rings. The van der Waals surface area contributed by atoms with E-state index in [1.165, 1.54) is 0 Å². The van der Waals surface area contributed by atoms with Crippen LogP contribution in [-0.2, 0) is 4.84 Å². The van der Waals surface area contributed by atoms with Crippen LogP contribution in [0.1, 0.15) is 12.0 Å². The van der Waals surface area contributed by atoms with Crippen LogP contribution in [0.5, 0.6) is 0 Å². The van der Waals surface area contributed by atoms with Gasteiger partial charge in [-0.15, -0.1) is 0 Å². The first kappa shape index (κ1) is 8.97. The highest BCUT2D eigenvalue weighted by molar-refractivity contribution is 9.10. The smallest absolute Gasteiger partial charge is 0.166 e. The summed E-state index contributed by atoms with van der Waals surface area (Å²) in [6.45, 7) is 3.74. The molecule has 70 valence electrons. The Morgan fingerprint density at radius 1 is 1.62 bits per heavy atom. The molecule has 1 saturated heterocycles. The van der Waals surface area contributed by atoms with Gasteiger partial charge in [0.1, 0.15) is 0 Å². The number of nitrogens with zero attached hydrogens (tertiary/aromatic N) is 2. The lowest BCUT2D eigenvalue weighted by atomic mass is 10.3. The van der Waals surface area contributed by atoms with E-state index < -0.39 is 0 Å². The Labute approximate surface area is 85.8 Å². The van der Waals surface area contributed by atoms with Crippen molar-refractivity contribution >= 4 is 21.7 Å². The lowest BCUT2D eigenvalue weighted by Gasteiger charge is -2.16. The fraction of sp³-hybridized carbons (Fsp3) is 0.444. The van der Waals surface area contributed by atoms with E-state index in [0.717, 1.165) is 35.4 Å². The molecule has 1 aromatic heterocycles. The molecule has 2 heterocycles. The molecule has 13 heavy (non-hydrogen) atoms. The van der Waals surface area contributed by atoms with E-state index in [0.29, 0.717) is 0 Å². The van der Waals surface area contributed by atoms with Gasteiger partial charge in [-0.05, 0) is 40.9 Å². The first-order valence-electron chi connectivity index (χ1n) is 4.30. The molecular formula is C9H11BrN2O. The Morgan fingerprint density at radius 2 is 2.46 bits per heavy atom. The van der Waals surface area contributed by atoms with Crippen molar-refractivity contribution in [3.8, 4) is 0 Å². The third-order valence-corrected chi connectivity index (χ3v) is 2.53. The molecule has 4 heteroatoms. The first-order chi connectivity index (χ1) is 6.27. The molecule has 0 bridgehead atoms. The Hall–Kier alpha value is -0.610. The number of hydrogen-bond donors (Lipinski definition) is 0. The summed E-state index contributed by atoms with van der Waals surface area (Å²) >= 11 is 3.47. The van der Waals surface area contributed by atoms with Crippen molar-refractivity contribution in [2.45, 2.75) is 13.3 Å². The summed E-state index contributed by atoms with van der Waals surface area (Å²) in [4.78, 5) is 9.71. The maximum Gasteiger partial charge on any atom is 0.166 e. The number of rotatable bonds is 1. The van der Waals surface area contributed by atoms with Crippen molar-refractivity contribution in [3.63, 3.8) is 0 Å². The number of halogens is 1. The molecule has 0 N–H and O–H groups in total. The third-order valence-electron chi connectivity index (χ3n) is 1.95. The van der Waals surface area contributed by atoms with Crippen molar-refractivity contribution in [3.05, 3.63) is 22.3 Å². The SMILES string of the molecule is Cc1cnc(N2CCCO2)c(Br)c1. The Morgan fingerprint density at radius 3 is 3.08 bits per heavy atom. The quantitative estimate of drug-likeness (QED) is 0.756. The number of hydrogen-bond acceptors (Lipinski definition) is 3. The van der Waals surface area contributed by atoms with Gasteiger partial charge in [-0.2, -0.15) is 0 Å². The molecule has 0 radical (unpaired) electrons. The molecule has 1 aromatic rings. The molecule has 0 saturated carbocycles. The molecule has 0 spiro atoms. The summed E-state index contributed by atoms with van der Waals surface area (Å²) in [5.74, 6) is 0.878. The predicted octanol–water partition coefficient (Wildman–Crippen LogP) is 2.29. The van der Waals surface area contributed by atoms with Crippen LogP contribution in [0, 0.1) is 6.92 Å². The van der Waals surface area contributed by atoms with Crippen LogP contribution < -0.4 is 5.06 Å². The summed E-state index contributed by atoms with van der Waals surface area (Å²) in [7, 11) is 0. The highest BCUT2D eigenvalue weighted by Gasteiger charge is 2.16. The zero-order chi connectivity index (χ0) is 9.26. The second-order valence-corrected chi connectivity index (χ2v) is 3.96. The Bertz CT molecular complexity index is 310. The number of aryl methyl sites for hydroxylation is 1. The van der Waals surface area contributed by atoms with E-state index in [4.69, 9.17) is 4.84 Å². The van der Waals surface area contributed by atoms with E-state index in [9.17, 15) is 0 Å². The summed E-state index contributed by atoms with van der Waals surface area (Å²) in [5.41, 5.74) is 1.15. The molecule has 0 aliphatic carbocycles. The largest absolute Gasteiger partial charge is 0.272 e. The number of aromatic nitrogens is 1. The molecule has 1 aliphatic heterocycles. The maximum absolute atomic E-state index is 5.40. The summed E-state index contributed by atoms with van der Waals surface area (Å²) in [6, 6.07) is 2.05. The molecule has 3 nitrogen and oxygen atoms in total. The van der Waals surface area contributed by atoms with Crippen LogP contribution >= 0.6 is 15.9 Å². The van der Waals surface area contributed by atoms with Crippen molar-refractivity contribution in [2.24, 2.45) is 0 Å². The Balaban J connectivity index is 2.29. The van der Waals surface area contributed by atoms with Crippen molar-refractivity contribution in [2.75, 3.05) is 18.2 Å². The van der Waals surface area contributed by atoms with Gasteiger partial charge in [0.25, 0.3) is 0 Å². The average Bonchev–Trinajstić information content (AvgIpc) is 2.56. The van der Waals surface area contributed by atoms with Gasteiger partial charge >= 0.3 is 0 Å². The topological polar surface area (TPSA) is 25.4 Å². The zero-order valence-electron chi connectivity index (χ0n) is 7.46. The molecule has 2 rings (SSSR count). The van der Waals surface area contributed by atoms with Crippen molar-refractivity contribution in [1.29, 1.82) is 0 Å². The lowest BCUT2D eigenvalue weighted by Crippen LogP contribution is -2.17. The second-order valence-electron chi connectivity index (χ2n) is 3.11. The van der Waals surface area contributed by atoms with E-state index in [-0.39, 0.29) is 0 Å². The van der Waals surface area contributed by atoms with Gasteiger partial charge in [0.05, 0.1) is 11.1 Å². The summed E-state index contributed by atoms with van der Waals surface area (Å²) in [6.07, 6.45) is 2.92. The lowest BCUT2D eigenvalue weighted by molar-refractivity contribution is 0.166. The van der Waals surface area contributed by atoms with E-state index in [1.807, 2.05) is 24.3 Å². The van der Waals surface area contributed by atoms with Crippen molar-refractivity contribution in [1.82, 2.24) is 4.98 Å². The maximum atomic E-state index is 5.40. The van der Waals surface area contributed by atoms with Crippen LogP contribution in [0.15, 0.2) is 16.7 Å². The minimum absolute atomic E-state index is 0.794. The number of pyridine rings is 1. The minimum Gasteiger partial charge on any atom is -0.272 e. The van der Waals surface area contributed by atoms with Gasteiger partial charge in [-0.1, -0.05) is 0 Å². The van der Waals surface area contributed by atoms with Crippen molar-refractivity contribution < 1.29 is 4.84 Å². The number of hydroxylamine groups is 1. The fourth-order valence-electron chi connectivity index (χ4n) is 1.32. The molecule has 0 aromatic carbocycles. The van der Waals surface area contributed by atoms with Gasteiger partial charge in [0.2, 0.25) is 0 Å². The van der Waals surface area contributed by atoms with Crippen LogP contribution in [0.25, 0.3) is 0 Å². The third kappa shape index (κ3) is 1.84. The molecule has 0 amide bonds. The zero-order valence-corrected chi connectivity index (χ0v) is 9.04. The highest BCUT2D eigenvalue weighted by Crippen LogP contribution is 2.26. The van der Waals surface area contributed by atoms with Crippen LogP contribution in [0.3, 0.4) is 0 Å². The number of anilines is 1. The van der Waals surface area contributed by atoms with Crippen LogP contribution in [-0.4, -0.2) is 18.1 Å². The molecule has 0 unspecified atom stereocenters. The Kier molecular flexibility index (Phi) is 2.51. The second kappa shape index (κ2) is 3.64. The monoisotopic (exact) mass is 242 g/mol. The molecule has 0 atom stereocenters.